The van der Waals surface area contributed by atoms with Crippen molar-refractivity contribution in [3.63, 3.8) is 0 Å². The second-order valence-corrected chi connectivity index (χ2v) is 4.50. The number of rotatable bonds is 8. The Bertz CT molecular complexity index is 447. The van der Waals surface area contributed by atoms with Crippen LogP contribution in [0.1, 0.15) is 13.8 Å². The average Bonchev–Trinajstić information content (AvgIpc) is 2.47. The second kappa shape index (κ2) is 12.5. The molecule has 0 bridgehead atoms. The van der Waals surface area contributed by atoms with Crippen LogP contribution >= 0.6 is 24.0 Å². The van der Waals surface area contributed by atoms with Crippen LogP contribution in [0.3, 0.4) is 0 Å². The largest absolute Gasteiger partial charge is 0.486 e. The molecular weight excluding hydrogens is 400 g/mol. The van der Waals surface area contributed by atoms with Gasteiger partial charge in [0, 0.05) is 20.2 Å². The molecule has 0 spiro atoms. The molecule has 0 aliphatic carbocycles. The molecule has 1 aromatic rings. The minimum atomic E-state index is -0.363. The summed E-state index contributed by atoms with van der Waals surface area (Å²) < 4.78 is 24.0. The number of halogens is 2. The van der Waals surface area contributed by atoms with Crippen LogP contribution in [-0.2, 0) is 4.74 Å². The van der Waals surface area contributed by atoms with Crippen LogP contribution in [0.4, 0.5) is 4.39 Å². The first kappa shape index (κ1) is 20.9. The van der Waals surface area contributed by atoms with Crippen molar-refractivity contribution in [2.75, 3.05) is 33.4 Å². The van der Waals surface area contributed by atoms with Gasteiger partial charge in [-0.15, -0.1) is 24.0 Å². The van der Waals surface area contributed by atoms with Gasteiger partial charge in [-0.1, -0.05) is 12.1 Å². The third kappa shape index (κ3) is 8.38. The number of benzene rings is 1. The Balaban J connectivity index is 0.00000441. The lowest BCUT2D eigenvalue weighted by molar-refractivity contribution is 0.203. The maximum absolute atomic E-state index is 13.5. The van der Waals surface area contributed by atoms with Gasteiger partial charge in [-0.25, -0.2) is 9.38 Å². The number of hydrogen-bond acceptors (Lipinski definition) is 3. The summed E-state index contributed by atoms with van der Waals surface area (Å²) in [4.78, 5) is 4.40. The zero-order valence-corrected chi connectivity index (χ0v) is 15.6. The Morgan fingerprint density at radius 1 is 1.32 bits per heavy atom. The SMILES string of the molecule is CCNC(=NCC(C)Oc1ccccc1F)NCCOC.I. The second-order valence-electron chi connectivity index (χ2n) is 4.50. The van der Waals surface area contributed by atoms with Gasteiger partial charge in [-0.2, -0.15) is 0 Å². The van der Waals surface area contributed by atoms with Crippen molar-refractivity contribution in [2.45, 2.75) is 20.0 Å². The lowest BCUT2D eigenvalue weighted by atomic mass is 10.3. The summed E-state index contributed by atoms with van der Waals surface area (Å²) in [5.41, 5.74) is 0. The van der Waals surface area contributed by atoms with Gasteiger partial charge in [0.05, 0.1) is 13.2 Å². The molecule has 2 N–H and O–H groups in total. The van der Waals surface area contributed by atoms with E-state index in [1.54, 1.807) is 25.3 Å². The van der Waals surface area contributed by atoms with Gasteiger partial charge < -0.3 is 20.1 Å². The van der Waals surface area contributed by atoms with E-state index in [4.69, 9.17) is 9.47 Å². The summed E-state index contributed by atoms with van der Waals surface area (Å²) in [6.45, 7) is 6.32. The summed E-state index contributed by atoms with van der Waals surface area (Å²) in [5.74, 6) is 0.578. The van der Waals surface area contributed by atoms with Gasteiger partial charge in [0.2, 0.25) is 0 Å². The minimum Gasteiger partial charge on any atom is -0.486 e. The molecule has 0 saturated carbocycles. The van der Waals surface area contributed by atoms with Crippen molar-refractivity contribution >= 4 is 29.9 Å². The Morgan fingerprint density at radius 3 is 2.68 bits per heavy atom. The van der Waals surface area contributed by atoms with Crippen molar-refractivity contribution in [3.8, 4) is 5.75 Å². The minimum absolute atomic E-state index is 0. The van der Waals surface area contributed by atoms with Crippen LogP contribution in [-0.4, -0.2) is 45.4 Å². The fraction of sp³-hybridized carbons (Fsp3) is 0.533. The Hall–Kier alpha value is -1.09. The molecular formula is C15H25FIN3O2. The highest BCUT2D eigenvalue weighted by Gasteiger charge is 2.07. The lowest BCUT2D eigenvalue weighted by Gasteiger charge is -2.15. The molecule has 126 valence electrons. The lowest BCUT2D eigenvalue weighted by Crippen LogP contribution is -2.39. The van der Waals surface area contributed by atoms with Crippen LogP contribution in [0, 0.1) is 5.82 Å². The zero-order chi connectivity index (χ0) is 15.5. The number of hydrogen-bond donors (Lipinski definition) is 2. The van der Waals surface area contributed by atoms with E-state index in [-0.39, 0.29) is 41.6 Å². The normalized spacial score (nSPS) is 12.3. The first-order valence-electron chi connectivity index (χ1n) is 7.09. The average molecular weight is 425 g/mol. The van der Waals surface area contributed by atoms with E-state index in [0.29, 0.717) is 25.7 Å². The standard InChI is InChI=1S/C15H24FN3O2.HI/c1-4-17-15(18-9-10-20-3)19-11-12(2)21-14-8-6-5-7-13(14)16;/h5-8,12H,4,9-11H2,1-3H3,(H2,17,18,19);1H. The van der Waals surface area contributed by atoms with Crippen LogP contribution in [0.5, 0.6) is 5.75 Å². The van der Waals surface area contributed by atoms with E-state index in [1.165, 1.54) is 6.07 Å². The summed E-state index contributed by atoms with van der Waals surface area (Å²) in [7, 11) is 1.65. The van der Waals surface area contributed by atoms with Gasteiger partial charge in [0.15, 0.2) is 17.5 Å². The monoisotopic (exact) mass is 425 g/mol. The van der Waals surface area contributed by atoms with Gasteiger partial charge in [-0.05, 0) is 26.0 Å². The number of methoxy groups -OCH3 is 1. The number of nitrogens with one attached hydrogen (secondary N) is 2. The fourth-order valence-corrected chi connectivity index (χ4v) is 1.63. The van der Waals surface area contributed by atoms with Gasteiger partial charge in [-0.3, -0.25) is 0 Å². The van der Waals surface area contributed by atoms with Crippen LogP contribution in [0.2, 0.25) is 0 Å². The Labute approximate surface area is 148 Å². The molecule has 0 aromatic heterocycles. The van der Waals surface area contributed by atoms with E-state index >= 15 is 0 Å². The smallest absolute Gasteiger partial charge is 0.191 e. The fourth-order valence-electron chi connectivity index (χ4n) is 1.63. The summed E-state index contributed by atoms with van der Waals surface area (Å²) in [6, 6.07) is 6.36. The Kier molecular flexibility index (Phi) is 11.8. The molecule has 0 amide bonds. The van der Waals surface area contributed by atoms with E-state index < -0.39 is 0 Å². The highest BCUT2D eigenvalue weighted by atomic mass is 127. The van der Waals surface area contributed by atoms with E-state index in [9.17, 15) is 4.39 Å². The number of nitrogens with zero attached hydrogens (tertiary/aromatic N) is 1. The molecule has 0 heterocycles. The van der Waals surface area contributed by atoms with Gasteiger partial charge >= 0.3 is 0 Å². The quantitative estimate of drug-likeness (QED) is 0.291. The number of guanidine groups is 1. The van der Waals surface area contributed by atoms with E-state index in [1.807, 2.05) is 13.8 Å². The van der Waals surface area contributed by atoms with Crippen LogP contribution < -0.4 is 15.4 Å². The van der Waals surface area contributed by atoms with Crippen molar-refractivity contribution in [3.05, 3.63) is 30.1 Å². The molecule has 5 nitrogen and oxygen atoms in total. The summed E-state index contributed by atoms with van der Waals surface area (Å²) in [6.07, 6.45) is -0.222. The third-order valence-electron chi connectivity index (χ3n) is 2.61. The zero-order valence-electron chi connectivity index (χ0n) is 13.3. The topological polar surface area (TPSA) is 54.9 Å². The van der Waals surface area contributed by atoms with Crippen molar-refractivity contribution < 1.29 is 13.9 Å². The highest BCUT2D eigenvalue weighted by Crippen LogP contribution is 2.16. The van der Waals surface area contributed by atoms with Crippen LogP contribution in [0.25, 0.3) is 0 Å². The van der Waals surface area contributed by atoms with Crippen molar-refractivity contribution in [1.29, 1.82) is 0 Å². The molecule has 0 aliphatic heterocycles. The van der Waals surface area contributed by atoms with E-state index in [0.717, 1.165) is 6.54 Å². The predicted octanol–water partition coefficient (Wildman–Crippen LogP) is 2.41. The molecule has 1 aromatic carbocycles. The molecule has 1 rings (SSSR count). The van der Waals surface area contributed by atoms with E-state index in [2.05, 4.69) is 15.6 Å². The number of aliphatic imine (C=N–C) groups is 1. The first-order valence-corrected chi connectivity index (χ1v) is 7.09. The first-order chi connectivity index (χ1) is 10.2. The molecule has 7 heteroatoms. The summed E-state index contributed by atoms with van der Waals surface area (Å²) >= 11 is 0. The van der Waals surface area contributed by atoms with Gasteiger partial charge in [0.1, 0.15) is 6.10 Å². The predicted molar refractivity (Wildman–Crippen MR) is 97.8 cm³/mol. The molecule has 22 heavy (non-hydrogen) atoms. The van der Waals surface area contributed by atoms with Crippen LogP contribution in [0.15, 0.2) is 29.3 Å². The maximum atomic E-state index is 13.5. The molecule has 1 atom stereocenters. The molecule has 1 unspecified atom stereocenters. The molecule has 0 saturated heterocycles. The molecule has 0 radical (unpaired) electrons. The molecule has 0 fully saturated rings. The van der Waals surface area contributed by atoms with Crippen molar-refractivity contribution in [1.82, 2.24) is 10.6 Å². The van der Waals surface area contributed by atoms with Gasteiger partial charge in [0.25, 0.3) is 0 Å². The highest BCUT2D eigenvalue weighted by molar-refractivity contribution is 14.0. The third-order valence-corrected chi connectivity index (χ3v) is 2.61. The number of ether oxygens (including phenoxy) is 2. The van der Waals surface area contributed by atoms with Crippen molar-refractivity contribution in [2.24, 2.45) is 4.99 Å². The maximum Gasteiger partial charge on any atom is 0.191 e. The number of para-hydroxylation sites is 1. The molecule has 0 aliphatic rings. The summed E-state index contributed by atoms with van der Waals surface area (Å²) in [5, 5.41) is 6.26. The Morgan fingerprint density at radius 2 is 2.05 bits per heavy atom.